The molecule has 226 valence electrons. The van der Waals surface area contributed by atoms with Crippen LogP contribution in [-0.4, -0.2) is 42.6 Å². The molecule has 42 heavy (non-hydrogen) atoms. The van der Waals surface area contributed by atoms with Crippen LogP contribution in [0.5, 0.6) is 0 Å². The molecular formula is C27H28F3N3O7S2. The number of thiazole rings is 1. The first-order valence-electron chi connectivity index (χ1n) is 12.2. The van der Waals surface area contributed by atoms with Crippen molar-refractivity contribution in [2.45, 2.75) is 64.6 Å². The number of aromatic nitrogens is 1. The summed E-state index contributed by atoms with van der Waals surface area (Å²) in [6, 6.07) is 4.17. The third-order valence-corrected chi connectivity index (χ3v) is 7.39. The van der Waals surface area contributed by atoms with Crippen molar-refractivity contribution in [3.8, 4) is 0 Å². The third kappa shape index (κ3) is 7.07. The largest absolute Gasteiger partial charge is 0.443 e. The number of ketones is 1. The van der Waals surface area contributed by atoms with Crippen LogP contribution in [0.15, 0.2) is 46.1 Å². The zero-order valence-electron chi connectivity index (χ0n) is 23.7. The van der Waals surface area contributed by atoms with Gasteiger partial charge in [-0.15, -0.1) is 15.6 Å². The molecule has 0 bridgehead atoms. The lowest BCUT2D eigenvalue weighted by Crippen LogP contribution is -2.42. The molecule has 10 nitrogen and oxygen atoms in total. The van der Waals surface area contributed by atoms with Crippen LogP contribution in [0, 0.1) is 17.5 Å². The number of hydrogen-bond acceptors (Lipinski definition) is 9. The fourth-order valence-electron chi connectivity index (χ4n) is 3.60. The second-order valence-corrected chi connectivity index (χ2v) is 13.3. The molecule has 3 aromatic rings. The Morgan fingerprint density at radius 3 is 1.90 bits per heavy atom. The summed E-state index contributed by atoms with van der Waals surface area (Å²) in [6.45, 7) is 9.90. The highest BCUT2D eigenvalue weighted by atomic mass is 32.2. The number of benzene rings is 2. The Hall–Kier alpha value is -3.98. The van der Waals surface area contributed by atoms with Crippen LogP contribution in [0.25, 0.3) is 0 Å². The molecule has 0 spiro atoms. The third-order valence-electron chi connectivity index (χ3n) is 5.09. The molecule has 0 aliphatic carbocycles. The fourth-order valence-corrected chi connectivity index (χ4v) is 5.56. The van der Waals surface area contributed by atoms with E-state index in [4.69, 9.17) is 9.47 Å². The lowest BCUT2D eigenvalue weighted by Gasteiger charge is -2.29. The minimum absolute atomic E-state index is 0.00622. The van der Waals surface area contributed by atoms with Crippen molar-refractivity contribution in [3.63, 3.8) is 0 Å². The summed E-state index contributed by atoms with van der Waals surface area (Å²) >= 11 is 0.906. The zero-order chi connectivity index (χ0) is 31.8. The van der Waals surface area contributed by atoms with Gasteiger partial charge in [-0.1, -0.05) is 6.07 Å². The highest BCUT2D eigenvalue weighted by Gasteiger charge is 2.40. The van der Waals surface area contributed by atoms with Crippen LogP contribution in [0.2, 0.25) is 0 Å². The van der Waals surface area contributed by atoms with Gasteiger partial charge in [0, 0.05) is 10.9 Å². The van der Waals surface area contributed by atoms with E-state index in [0.717, 1.165) is 29.7 Å². The second-order valence-electron chi connectivity index (χ2n) is 10.8. The Labute approximate surface area is 244 Å². The Kier molecular flexibility index (Phi) is 9.08. The predicted octanol–water partition coefficient (Wildman–Crippen LogP) is 6.97. The number of carbonyl (C=O) groups is 3. The van der Waals surface area contributed by atoms with Gasteiger partial charge in [0.05, 0.1) is 16.9 Å². The number of amides is 2. The molecule has 0 fully saturated rings. The van der Waals surface area contributed by atoms with E-state index in [1.807, 2.05) is 0 Å². The van der Waals surface area contributed by atoms with Gasteiger partial charge in [-0.2, -0.15) is 0 Å². The molecule has 2 aromatic carbocycles. The van der Waals surface area contributed by atoms with Crippen molar-refractivity contribution in [2.24, 2.45) is 0 Å². The van der Waals surface area contributed by atoms with Crippen molar-refractivity contribution in [3.05, 3.63) is 64.2 Å². The summed E-state index contributed by atoms with van der Waals surface area (Å²) in [5, 5.41) is 1.15. The Bertz CT molecular complexity index is 1610. The summed E-state index contributed by atoms with van der Waals surface area (Å²) in [4.78, 5) is 41.1. The van der Waals surface area contributed by atoms with Crippen molar-refractivity contribution >= 4 is 56.5 Å². The van der Waals surface area contributed by atoms with Gasteiger partial charge in [0.1, 0.15) is 28.7 Å². The van der Waals surface area contributed by atoms with Crippen LogP contribution < -0.4 is 9.21 Å². The van der Waals surface area contributed by atoms with Gasteiger partial charge in [0.2, 0.25) is 0 Å². The van der Waals surface area contributed by atoms with Crippen molar-refractivity contribution < 1.29 is 45.4 Å². The second kappa shape index (κ2) is 11.7. The minimum Gasteiger partial charge on any atom is -0.443 e. The number of ether oxygens (including phenoxy) is 2. The van der Waals surface area contributed by atoms with E-state index in [9.17, 15) is 22.8 Å². The highest BCUT2D eigenvalue weighted by Crippen LogP contribution is 2.37. The molecule has 0 unspecified atom stereocenters. The fraction of sp³-hybridized carbons (Fsp3) is 0.333. The van der Waals surface area contributed by atoms with Gasteiger partial charge >= 0.3 is 12.2 Å². The average molecular weight is 628 g/mol. The molecule has 2 amide bonds. The molecule has 0 aliphatic heterocycles. The standard InChI is InChI=1S/C27H28F3N3O7S2/c1-15(34)17-9-8-10-18(28)22(17)32(24(35)39-26(2,3)4)16-11-19(29)23(20(30)12-16)42(37,38)33(21-13-41-14-31-21)25(36)40-27(5,6)7/h8-14H,1-7H3. The Balaban J connectivity index is 2.27. The normalized spacial score (nSPS) is 12.0. The number of rotatable bonds is 6. The van der Waals surface area contributed by atoms with Gasteiger partial charge in [-0.3, -0.25) is 4.79 Å². The summed E-state index contributed by atoms with van der Waals surface area (Å²) < 4.78 is 84.1. The molecule has 0 atom stereocenters. The predicted molar refractivity (Wildman–Crippen MR) is 149 cm³/mol. The van der Waals surface area contributed by atoms with Crippen LogP contribution >= 0.6 is 11.3 Å². The lowest BCUT2D eigenvalue weighted by molar-refractivity contribution is 0.0590. The minimum atomic E-state index is -5.35. The van der Waals surface area contributed by atoms with E-state index in [1.165, 1.54) is 59.2 Å². The van der Waals surface area contributed by atoms with E-state index >= 15 is 13.2 Å². The monoisotopic (exact) mass is 627 g/mol. The first-order chi connectivity index (χ1) is 19.2. The van der Waals surface area contributed by atoms with E-state index in [0.29, 0.717) is 17.0 Å². The van der Waals surface area contributed by atoms with E-state index in [-0.39, 0.29) is 9.87 Å². The van der Waals surface area contributed by atoms with Crippen LogP contribution in [-0.2, 0) is 19.5 Å². The van der Waals surface area contributed by atoms with Gasteiger partial charge < -0.3 is 9.47 Å². The molecule has 1 heterocycles. The van der Waals surface area contributed by atoms with E-state index in [1.54, 1.807) is 0 Å². The molecule has 0 saturated carbocycles. The summed E-state index contributed by atoms with van der Waals surface area (Å²) in [7, 11) is -5.35. The number of Topliss-reactive ketones (excluding diaryl/α,β-unsaturated/α-hetero) is 1. The number of sulfonamides is 1. The zero-order valence-corrected chi connectivity index (χ0v) is 25.3. The van der Waals surface area contributed by atoms with Gasteiger partial charge in [-0.05, 0) is 72.7 Å². The Morgan fingerprint density at radius 2 is 1.43 bits per heavy atom. The van der Waals surface area contributed by atoms with Crippen molar-refractivity contribution in [1.29, 1.82) is 0 Å². The maximum Gasteiger partial charge on any atom is 0.430 e. The molecule has 0 N–H and O–H groups in total. The highest BCUT2D eigenvalue weighted by molar-refractivity contribution is 7.93. The van der Waals surface area contributed by atoms with Crippen molar-refractivity contribution in [1.82, 2.24) is 4.98 Å². The van der Waals surface area contributed by atoms with Gasteiger partial charge in [0.15, 0.2) is 16.5 Å². The lowest BCUT2D eigenvalue weighted by atomic mass is 10.1. The van der Waals surface area contributed by atoms with E-state index in [2.05, 4.69) is 4.98 Å². The van der Waals surface area contributed by atoms with E-state index < -0.39 is 78.7 Å². The number of nitrogens with zero attached hydrogens (tertiary/aromatic N) is 3. The maximum atomic E-state index is 15.7. The average Bonchev–Trinajstić information content (AvgIpc) is 3.30. The Morgan fingerprint density at radius 1 is 0.881 bits per heavy atom. The van der Waals surface area contributed by atoms with Gasteiger partial charge in [0.25, 0.3) is 10.0 Å². The molecule has 3 rings (SSSR count). The number of anilines is 3. The van der Waals surface area contributed by atoms with Crippen LogP contribution in [0.3, 0.4) is 0 Å². The molecule has 0 radical (unpaired) electrons. The number of hydrogen-bond donors (Lipinski definition) is 0. The summed E-state index contributed by atoms with van der Waals surface area (Å²) in [5.41, 5.74) is -2.87. The molecule has 1 aromatic heterocycles. The maximum absolute atomic E-state index is 15.7. The molecular weight excluding hydrogens is 599 g/mol. The number of para-hydroxylation sites is 1. The van der Waals surface area contributed by atoms with Crippen LogP contribution in [0.4, 0.5) is 40.0 Å². The SMILES string of the molecule is CC(=O)c1cccc(F)c1N(C(=O)OC(C)(C)C)c1cc(F)c(S(=O)(=O)N(C(=O)OC(C)(C)C)c2cscn2)c(F)c1. The molecule has 0 aliphatic rings. The number of carbonyl (C=O) groups excluding carboxylic acids is 3. The topological polar surface area (TPSA) is 123 Å². The molecule has 15 heteroatoms. The summed E-state index contributed by atoms with van der Waals surface area (Å²) in [5.74, 6) is -5.77. The van der Waals surface area contributed by atoms with Crippen LogP contribution in [0.1, 0.15) is 58.8 Å². The van der Waals surface area contributed by atoms with Gasteiger partial charge in [-0.25, -0.2) is 41.1 Å². The number of halogens is 3. The molecule has 0 saturated heterocycles. The first kappa shape index (κ1) is 32.5. The van der Waals surface area contributed by atoms with Crippen molar-refractivity contribution in [2.75, 3.05) is 9.21 Å². The quantitative estimate of drug-likeness (QED) is 0.269. The summed E-state index contributed by atoms with van der Waals surface area (Å²) in [6.07, 6.45) is -2.80. The first-order valence-corrected chi connectivity index (χ1v) is 14.6. The smallest absolute Gasteiger partial charge is 0.430 e.